The lowest BCUT2D eigenvalue weighted by atomic mass is 10.1. The maximum absolute atomic E-state index is 12.0. The average Bonchev–Trinajstić information content (AvgIpc) is 2.93. The molecule has 0 saturated heterocycles. The third-order valence-corrected chi connectivity index (χ3v) is 3.24. The van der Waals surface area contributed by atoms with Gasteiger partial charge in [0.15, 0.2) is 0 Å². The second kappa shape index (κ2) is 5.24. The predicted octanol–water partition coefficient (Wildman–Crippen LogP) is 1.17. The number of carbonyl (C=O) groups excluding carboxylic acids is 1. The van der Waals surface area contributed by atoms with Crippen LogP contribution < -0.4 is 5.32 Å². The molecule has 2 N–H and O–H groups in total. The zero-order valence-electron chi connectivity index (χ0n) is 10.4. The van der Waals surface area contributed by atoms with Crippen molar-refractivity contribution >= 4 is 5.97 Å². The minimum Gasteiger partial charge on any atom is -0.460 e. The smallest absolute Gasteiger partial charge is 0.323 e. The first-order valence-electron chi connectivity index (χ1n) is 6.28. The highest BCUT2D eigenvalue weighted by atomic mass is 16.5. The van der Waals surface area contributed by atoms with Crippen LogP contribution in [0.25, 0.3) is 0 Å². The maximum Gasteiger partial charge on any atom is 0.323 e. The zero-order chi connectivity index (χ0) is 13.1. The maximum atomic E-state index is 12.0. The van der Waals surface area contributed by atoms with Crippen molar-refractivity contribution in [3.63, 3.8) is 0 Å². The van der Waals surface area contributed by atoms with E-state index < -0.39 is 0 Å². The van der Waals surface area contributed by atoms with E-state index in [1.807, 2.05) is 30.3 Å². The van der Waals surface area contributed by atoms with Gasteiger partial charge in [0, 0.05) is 13.0 Å². The number of aromatic amines is 1. The van der Waals surface area contributed by atoms with E-state index in [9.17, 15) is 4.79 Å². The van der Waals surface area contributed by atoms with Crippen molar-refractivity contribution in [2.75, 3.05) is 0 Å². The van der Waals surface area contributed by atoms with Gasteiger partial charge in [-0.25, -0.2) is 4.98 Å². The quantitative estimate of drug-likeness (QED) is 0.810. The molecule has 1 aliphatic heterocycles. The Hall–Kier alpha value is -2.14. The van der Waals surface area contributed by atoms with Gasteiger partial charge < -0.3 is 9.72 Å². The van der Waals surface area contributed by atoms with Crippen molar-refractivity contribution in [1.82, 2.24) is 15.3 Å². The van der Waals surface area contributed by atoms with E-state index in [-0.39, 0.29) is 12.0 Å². The molecule has 0 bridgehead atoms. The van der Waals surface area contributed by atoms with E-state index in [1.54, 1.807) is 6.33 Å². The number of nitrogens with zero attached hydrogens (tertiary/aromatic N) is 1. The normalized spacial score (nSPS) is 17.8. The van der Waals surface area contributed by atoms with Crippen molar-refractivity contribution in [3.05, 3.63) is 53.6 Å². The molecule has 0 amide bonds. The molecule has 0 spiro atoms. The molecule has 0 aliphatic carbocycles. The van der Waals surface area contributed by atoms with Gasteiger partial charge in [-0.1, -0.05) is 30.3 Å². The lowest BCUT2D eigenvalue weighted by Gasteiger charge is -2.21. The van der Waals surface area contributed by atoms with E-state index in [1.165, 1.54) is 0 Å². The number of esters is 1. The Labute approximate surface area is 111 Å². The minimum absolute atomic E-state index is 0.225. The van der Waals surface area contributed by atoms with Gasteiger partial charge in [-0.05, 0) is 5.56 Å². The Bertz CT molecular complexity index is 565. The number of hydrogen-bond donors (Lipinski definition) is 2. The minimum atomic E-state index is -0.306. The summed E-state index contributed by atoms with van der Waals surface area (Å²) in [7, 11) is 0. The number of rotatable bonds is 3. The molecule has 0 unspecified atom stereocenters. The second-order valence-electron chi connectivity index (χ2n) is 4.56. The molecular formula is C14H15N3O2. The number of carbonyl (C=O) groups is 1. The molecule has 1 aromatic heterocycles. The van der Waals surface area contributed by atoms with Crippen molar-refractivity contribution in [2.45, 2.75) is 25.6 Å². The topological polar surface area (TPSA) is 67.0 Å². The lowest BCUT2D eigenvalue weighted by Crippen LogP contribution is -2.42. The Morgan fingerprint density at radius 3 is 3.05 bits per heavy atom. The Morgan fingerprint density at radius 1 is 1.37 bits per heavy atom. The van der Waals surface area contributed by atoms with Crippen LogP contribution in [-0.4, -0.2) is 22.0 Å². The van der Waals surface area contributed by atoms with Gasteiger partial charge in [-0.2, -0.15) is 0 Å². The number of ether oxygens (including phenoxy) is 1. The molecular weight excluding hydrogens is 242 g/mol. The number of imidazole rings is 1. The van der Waals surface area contributed by atoms with E-state index in [0.717, 1.165) is 17.0 Å². The molecule has 3 rings (SSSR count). The fraction of sp³-hybridized carbons (Fsp3) is 0.286. The lowest BCUT2D eigenvalue weighted by molar-refractivity contribution is -0.147. The summed E-state index contributed by atoms with van der Waals surface area (Å²) in [4.78, 5) is 19.2. The highest BCUT2D eigenvalue weighted by Gasteiger charge is 2.26. The summed E-state index contributed by atoms with van der Waals surface area (Å²) in [5.74, 6) is -0.225. The number of H-pyrrole nitrogens is 1. The third kappa shape index (κ3) is 2.66. The number of benzene rings is 1. The molecule has 2 heterocycles. The van der Waals surface area contributed by atoms with Crippen LogP contribution in [-0.2, 0) is 29.1 Å². The largest absolute Gasteiger partial charge is 0.460 e. The fourth-order valence-electron chi connectivity index (χ4n) is 2.17. The average molecular weight is 257 g/mol. The van der Waals surface area contributed by atoms with Crippen LogP contribution in [0.1, 0.15) is 17.0 Å². The summed E-state index contributed by atoms with van der Waals surface area (Å²) in [6, 6.07) is 9.36. The highest BCUT2D eigenvalue weighted by Crippen LogP contribution is 2.13. The van der Waals surface area contributed by atoms with Crippen molar-refractivity contribution in [1.29, 1.82) is 0 Å². The zero-order valence-corrected chi connectivity index (χ0v) is 10.4. The number of nitrogens with one attached hydrogen (secondary N) is 2. The summed E-state index contributed by atoms with van der Waals surface area (Å²) in [5.41, 5.74) is 2.99. The van der Waals surface area contributed by atoms with Crippen molar-refractivity contribution in [3.8, 4) is 0 Å². The van der Waals surface area contributed by atoms with Crippen LogP contribution >= 0.6 is 0 Å². The molecule has 0 fully saturated rings. The molecule has 1 aliphatic rings. The molecule has 0 saturated carbocycles. The highest BCUT2D eigenvalue weighted by molar-refractivity contribution is 5.76. The van der Waals surface area contributed by atoms with Crippen molar-refractivity contribution in [2.24, 2.45) is 0 Å². The summed E-state index contributed by atoms with van der Waals surface area (Å²) in [6.45, 7) is 0.936. The van der Waals surface area contributed by atoms with E-state index in [4.69, 9.17) is 4.74 Å². The summed E-state index contributed by atoms with van der Waals surface area (Å²) < 4.78 is 5.32. The predicted molar refractivity (Wildman–Crippen MR) is 69.2 cm³/mol. The van der Waals surface area contributed by atoms with Crippen LogP contribution in [0.5, 0.6) is 0 Å². The number of hydrogen-bond acceptors (Lipinski definition) is 4. The first-order chi connectivity index (χ1) is 9.33. The summed E-state index contributed by atoms with van der Waals surface area (Å²) in [6.07, 6.45) is 2.23. The first kappa shape index (κ1) is 11.9. The summed E-state index contributed by atoms with van der Waals surface area (Å²) in [5, 5.41) is 3.15. The Balaban J connectivity index is 1.57. The number of fused-ring (bicyclic) bond motifs is 1. The van der Waals surface area contributed by atoms with Gasteiger partial charge in [0.25, 0.3) is 0 Å². The summed E-state index contributed by atoms with van der Waals surface area (Å²) >= 11 is 0. The van der Waals surface area contributed by atoms with Crippen LogP contribution in [0.15, 0.2) is 36.7 Å². The SMILES string of the molecule is O=C(OCc1ccccc1)[C@@H]1Cc2nc[nH]c2CN1. The van der Waals surface area contributed by atoms with Crippen LogP contribution in [0.4, 0.5) is 0 Å². The molecule has 2 aromatic rings. The van der Waals surface area contributed by atoms with Crippen LogP contribution in [0.3, 0.4) is 0 Å². The van der Waals surface area contributed by atoms with Gasteiger partial charge >= 0.3 is 5.97 Å². The third-order valence-electron chi connectivity index (χ3n) is 3.24. The standard InChI is InChI=1S/C14H15N3O2/c18-14(19-8-10-4-2-1-3-5-10)12-6-11-13(7-15-12)17-9-16-11/h1-5,9,12,15H,6-8H2,(H,16,17)/t12-/m0/s1. The number of aromatic nitrogens is 2. The molecule has 1 aromatic carbocycles. The van der Waals surface area contributed by atoms with Gasteiger partial charge in [0.1, 0.15) is 12.6 Å². The monoisotopic (exact) mass is 257 g/mol. The van der Waals surface area contributed by atoms with Crippen LogP contribution in [0, 0.1) is 0 Å². The van der Waals surface area contributed by atoms with E-state index in [2.05, 4.69) is 15.3 Å². The first-order valence-corrected chi connectivity index (χ1v) is 6.28. The Morgan fingerprint density at radius 2 is 2.21 bits per heavy atom. The van der Waals surface area contributed by atoms with E-state index >= 15 is 0 Å². The van der Waals surface area contributed by atoms with Crippen LogP contribution in [0.2, 0.25) is 0 Å². The molecule has 5 heteroatoms. The van der Waals surface area contributed by atoms with Gasteiger partial charge in [0.2, 0.25) is 0 Å². The Kier molecular flexibility index (Phi) is 3.29. The molecule has 98 valence electrons. The molecule has 19 heavy (non-hydrogen) atoms. The van der Waals surface area contributed by atoms with E-state index in [0.29, 0.717) is 19.6 Å². The fourth-order valence-corrected chi connectivity index (χ4v) is 2.17. The van der Waals surface area contributed by atoms with Gasteiger partial charge in [-0.3, -0.25) is 10.1 Å². The molecule has 5 nitrogen and oxygen atoms in total. The molecule has 1 atom stereocenters. The van der Waals surface area contributed by atoms with Gasteiger partial charge in [0.05, 0.1) is 17.7 Å². The second-order valence-corrected chi connectivity index (χ2v) is 4.56. The van der Waals surface area contributed by atoms with Crippen molar-refractivity contribution < 1.29 is 9.53 Å². The molecule has 0 radical (unpaired) electrons. The van der Waals surface area contributed by atoms with Gasteiger partial charge in [-0.15, -0.1) is 0 Å².